The summed E-state index contributed by atoms with van der Waals surface area (Å²) < 4.78 is 3.70. The van der Waals surface area contributed by atoms with Gasteiger partial charge in [0.15, 0.2) is 5.65 Å². The second-order valence-electron chi connectivity index (χ2n) is 8.85. The number of aliphatic hydroxyl groups is 1. The van der Waals surface area contributed by atoms with E-state index >= 15 is 0 Å². The van der Waals surface area contributed by atoms with Crippen LogP contribution in [0.2, 0.25) is 0 Å². The van der Waals surface area contributed by atoms with Crippen LogP contribution in [0.4, 0.5) is 0 Å². The third kappa shape index (κ3) is 3.41. The first kappa shape index (κ1) is 18.7. The summed E-state index contributed by atoms with van der Waals surface area (Å²) in [7, 11) is 0. The zero-order valence-electron chi connectivity index (χ0n) is 17.2. The van der Waals surface area contributed by atoms with Gasteiger partial charge in [-0.15, -0.1) is 0 Å². The lowest BCUT2D eigenvalue weighted by atomic mass is 9.77. The third-order valence-electron chi connectivity index (χ3n) is 6.86. The minimum absolute atomic E-state index is 0.0298. The van der Waals surface area contributed by atoms with E-state index in [1.807, 2.05) is 39.8 Å². The molecule has 0 amide bonds. The van der Waals surface area contributed by atoms with E-state index in [1.165, 1.54) is 0 Å². The van der Waals surface area contributed by atoms with Gasteiger partial charge in [-0.1, -0.05) is 30.3 Å². The molecule has 4 atom stereocenters. The predicted molar refractivity (Wildman–Crippen MR) is 115 cm³/mol. The minimum atomic E-state index is -0.360. The van der Waals surface area contributed by atoms with Crippen LogP contribution in [0.25, 0.3) is 16.8 Å². The lowest BCUT2D eigenvalue weighted by molar-refractivity contribution is 0.0304. The molecule has 31 heavy (non-hydrogen) atoms. The van der Waals surface area contributed by atoms with Gasteiger partial charge in [-0.3, -0.25) is 4.90 Å². The molecule has 1 saturated heterocycles. The molecule has 1 aromatic carbocycles. The molecule has 158 valence electrons. The zero-order chi connectivity index (χ0) is 20.8. The van der Waals surface area contributed by atoms with Gasteiger partial charge in [-0.2, -0.15) is 10.2 Å². The molecular weight excluding hydrogens is 390 g/mol. The summed E-state index contributed by atoms with van der Waals surface area (Å²) in [5, 5.41) is 19.4. The second-order valence-corrected chi connectivity index (χ2v) is 8.85. The van der Waals surface area contributed by atoms with E-state index in [2.05, 4.69) is 38.4 Å². The van der Waals surface area contributed by atoms with E-state index in [-0.39, 0.29) is 12.1 Å². The maximum atomic E-state index is 10.6. The molecule has 2 aliphatic rings. The van der Waals surface area contributed by atoms with Crippen LogP contribution < -0.4 is 0 Å². The van der Waals surface area contributed by atoms with Crippen molar-refractivity contribution in [2.75, 3.05) is 13.1 Å². The Labute approximate surface area is 180 Å². The normalized spacial score (nSPS) is 26.4. The average molecular weight is 416 g/mol. The lowest BCUT2D eigenvalue weighted by Crippen LogP contribution is -2.36. The third-order valence-corrected chi connectivity index (χ3v) is 6.86. The van der Waals surface area contributed by atoms with Crippen molar-refractivity contribution in [1.29, 1.82) is 0 Å². The number of aromatic nitrogens is 6. The van der Waals surface area contributed by atoms with E-state index in [1.54, 1.807) is 12.7 Å². The molecule has 3 aromatic heterocycles. The highest BCUT2D eigenvalue weighted by molar-refractivity contribution is 5.76. The number of hydrogen-bond donors (Lipinski definition) is 1. The first-order chi connectivity index (χ1) is 15.2. The Morgan fingerprint density at radius 3 is 2.65 bits per heavy atom. The molecule has 0 radical (unpaired) electrons. The van der Waals surface area contributed by atoms with E-state index in [0.717, 1.165) is 54.8 Å². The summed E-state index contributed by atoms with van der Waals surface area (Å²) in [5.74, 6) is 1.10. The van der Waals surface area contributed by atoms with E-state index in [0.29, 0.717) is 11.8 Å². The highest BCUT2D eigenvalue weighted by Gasteiger charge is 2.42. The van der Waals surface area contributed by atoms with Gasteiger partial charge < -0.3 is 5.11 Å². The second kappa shape index (κ2) is 7.55. The van der Waals surface area contributed by atoms with E-state index < -0.39 is 0 Å². The van der Waals surface area contributed by atoms with Crippen LogP contribution in [0.15, 0.2) is 61.6 Å². The summed E-state index contributed by atoms with van der Waals surface area (Å²) in [5.41, 5.74) is 4.21. The van der Waals surface area contributed by atoms with Crippen LogP contribution in [0.5, 0.6) is 0 Å². The lowest BCUT2D eigenvalue weighted by Gasteiger charge is -2.35. The van der Waals surface area contributed by atoms with Gasteiger partial charge in [0.05, 0.1) is 18.3 Å². The van der Waals surface area contributed by atoms with Crippen LogP contribution >= 0.6 is 0 Å². The average Bonchev–Trinajstić information content (AvgIpc) is 3.53. The van der Waals surface area contributed by atoms with Gasteiger partial charge in [-0.25, -0.2) is 19.2 Å². The Morgan fingerprint density at radius 2 is 1.84 bits per heavy atom. The number of nitrogens with zero attached hydrogens (tertiary/aromatic N) is 7. The summed E-state index contributed by atoms with van der Waals surface area (Å²) in [6.07, 6.45) is 10.6. The van der Waals surface area contributed by atoms with Gasteiger partial charge in [-0.05, 0) is 30.2 Å². The van der Waals surface area contributed by atoms with Crippen molar-refractivity contribution in [2.45, 2.75) is 31.5 Å². The number of rotatable bonds is 4. The molecule has 0 spiro atoms. The summed E-state index contributed by atoms with van der Waals surface area (Å²) in [6.45, 7) is 2.90. The molecule has 8 heteroatoms. The number of aliphatic hydroxyl groups excluding tert-OH is 1. The number of hydrogen-bond acceptors (Lipinski definition) is 6. The fourth-order valence-electron chi connectivity index (χ4n) is 5.38. The molecule has 1 saturated carbocycles. The van der Waals surface area contributed by atoms with Crippen LogP contribution in [-0.4, -0.2) is 58.6 Å². The monoisotopic (exact) mass is 415 g/mol. The summed E-state index contributed by atoms with van der Waals surface area (Å²) in [4.78, 5) is 11.3. The fraction of sp³-hybridized carbons (Fsp3) is 0.391. The Morgan fingerprint density at radius 1 is 1.00 bits per heavy atom. The van der Waals surface area contributed by atoms with Gasteiger partial charge in [0.2, 0.25) is 0 Å². The Hall–Kier alpha value is -3.10. The van der Waals surface area contributed by atoms with Crippen molar-refractivity contribution in [3.63, 3.8) is 0 Å². The van der Waals surface area contributed by atoms with Crippen LogP contribution in [0, 0.1) is 11.8 Å². The van der Waals surface area contributed by atoms with Gasteiger partial charge in [0, 0.05) is 43.2 Å². The van der Waals surface area contributed by atoms with Crippen molar-refractivity contribution < 1.29 is 5.11 Å². The molecule has 6 rings (SSSR count). The summed E-state index contributed by atoms with van der Waals surface area (Å²) in [6, 6.07) is 10.3. The SMILES string of the molecule is O[C@@H]1C[C@H]2CN(Cc3cnc4c(-c5ccccc5)cnn4c3)C[C@H]2C[C@H]1n1cncn1. The maximum Gasteiger partial charge on any atom is 0.162 e. The molecule has 0 unspecified atom stereocenters. The molecule has 1 aliphatic carbocycles. The Bertz CT molecular complexity index is 1170. The van der Waals surface area contributed by atoms with Crippen molar-refractivity contribution in [3.05, 3.63) is 67.1 Å². The van der Waals surface area contributed by atoms with Crippen molar-refractivity contribution in [2.24, 2.45) is 11.8 Å². The van der Waals surface area contributed by atoms with Crippen LogP contribution in [0.3, 0.4) is 0 Å². The van der Waals surface area contributed by atoms with Crippen LogP contribution in [0.1, 0.15) is 24.4 Å². The number of likely N-dealkylation sites (tertiary alicyclic amines) is 1. The van der Waals surface area contributed by atoms with Gasteiger partial charge >= 0.3 is 0 Å². The molecule has 1 N–H and O–H groups in total. The zero-order valence-corrected chi connectivity index (χ0v) is 17.2. The fourth-order valence-corrected chi connectivity index (χ4v) is 5.38. The summed E-state index contributed by atoms with van der Waals surface area (Å²) >= 11 is 0. The first-order valence-electron chi connectivity index (χ1n) is 10.9. The maximum absolute atomic E-state index is 10.6. The highest BCUT2D eigenvalue weighted by atomic mass is 16.3. The van der Waals surface area contributed by atoms with Gasteiger partial charge in [0.1, 0.15) is 12.7 Å². The molecule has 2 fully saturated rings. The number of benzene rings is 1. The van der Waals surface area contributed by atoms with E-state index in [9.17, 15) is 5.11 Å². The molecule has 4 heterocycles. The Balaban J connectivity index is 1.17. The first-order valence-corrected chi connectivity index (χ1v) is 10.9. The van der Waals surface area contributed by atoms with Crippen molar-refractivity contribution in [1.82, 2.24) is 34.3 Å². The van der Waals surface area contributed by atoms with E-state index in [4.69, 9.17) is 4.98 Å². The molecule has 4 aromatic rings. The number of fused-ring (bicyclic) bond motifs is 2. The smallest absolute Gasteiger partial charge is 0.162 e. The Kier molecular flexibility index (Phi) is 4.54. The van der Waals surface area contributed by atoms with Crippen molar-refractivity contribution >= 4 is 5.65 Å². The predicted octanol–water partition coefficient (Wildman–Crippen LogP) is 2.43. The standard InChI is InChI=1S/C23H25N7O/c31-22-7-19-13-28(12-18(19)6-21(22)30-15-24-14-27-30)10-16-8-25-23-20(9-26-29(23)11-16)17-4-2-1-3-5-17/h1-5,8-9,11,14-15,18-19,21-22,31H,6-7,10,12-13H2/t18-,19+,21-,22-/m1/s1. The molecule has 0 bridgehead atoms. The topological polar surface area (TPSA) is 84.4 Å². The molecular formula is C23H25N7O. The molecule has 8 nitrogen and oxygen atoms in total. The van der Waals surface area contributed by atoms with Crippen LogP contribution in [-0.2, 0) is 6.54 Å². The van der Waals surface area contributed by atoms with Gasteiger partial charge in [0.25, 0.3) is 0 Å². The highest BCUT2D eigenvalue weighted by Crippen LogP contribution is 2.41. The van der Waals surface area contributed by atoms with Crippen molar-refractivity contribution in [3.8, 4) is 11.1 Å². The quantitative estimate of drug-likeness (QED) is 0.551. The minimum Gasteiger partial charge on any atom is -0.391 e. The largest absolute Gasteiger partial charge is 0.391 e. The molecule has 1 aliphatic heterocycles.